The summed E-state index contributed by atoms with van der Waals surface area (Å²) in [5, 5.41) is 6.45. The number of amides is 1. The molecule has 0 bridgehead atoms. The standard InChI is InChI=1S/C19H22N2O5/c1-11-16(12(2)26-21-11)17(23)25-10-15(22)13-6-8-14(9-7-13)20-18(24)19(3,4)5/h6-9H,10H2,1-5H3,(H,20,24). The van der Waals surface area contributed by atoms with Crippen molar-refractivity contribution in [3.63, 3.8) is 0 Å². The zero-order chi connectivity index (χ0) is 19.5. The third kappa shape index (κ3) is 4.56. The van der Waals surface area contributed by atoms with Gasteiger partial charge in [-0.1, -0.05) is 25.9 Å². The number of carbonyl (C=O) groups is 3. The van der Waals surface area contributed by atoms with Crippen molar-refractivity contribution < 1.29 is 23.6 Å². The summed E-state index contributed by atoms with van der Waals surface area (Å²) in [6, 6.07) is 6.41. The average Bonchev–Trinajstić information content (AvgIpc) is 2.91. The Balaban J connectivity index is 1.96. The van der Waals surface area contributed by atoms with Crippen molar-refractivity contribution in [3.8, 4) is 0 Å². The van der Waals surface area contributed by atoms with Crippen LogP contribution in [0.3, 0.4) is 0 Å². The van der Waals surface area contributed by atoms with Gasteiger partial charge in [0.2, 0.25) is 5.91 Å². The number of ketones is 1. The van der Waals surface area contributed by atoms with Crippen LogP contribution in [0, 0.1) is 19.3 Å². The van der Waals surface area contributed by atoms with E-state index in [0.717, 1.165) is 0 Å². The van der Waals surface area contributed by atoms with Gasteiger partial charge in [-0.15, -0.1) is 0 Å². The number of aryl methyl sites for hydroxylation is 2. The van der Waals surface area contributed by atoms with E-state index in [9.17, 15) is 14.4 Å². The van der Waals surface area contributed by atoms with Gasteiger partial charge in [0, 0.05) is 16.7 Å². The molecule has 0 atom stereocenters. The molecular formula is C19H22N2O5. The molecule has 1 N–H and O–H groups in total. The Hall–Kier alpha value is -2.96. The van der Waals surface area contributed by atoms with Crippen molar-refractivity contribution in [1.82, 2.24) is 5.16 Å². The number of hydrogen-bond acceptors (Lipinski definition) is 6. The van der Waals surface area contributed by atoms with Crippen molar-refractivity contribution in [1.29, 1.82) is 0 Å². The van der Waals surface area contributed by atoms with Crippen molar-refractivity contribution >= 4 is 23.3 Å². The third-order valence-electron chi connectivity index (χ3n) is 3.72. The number of benzene rings is 1. The molecule has 0 aliphatic carbocycles. The predicted molar refractivity (Wildman–Crippen MR) is 95.1 cm³/mol. The number of ether oxygens (including phenoxy) is 1. The molecule has 1 aromatic heterocycles. The highest BCUT2D eigenvalue weighted by Gasteiger charge is 2.22. The lowest BCUT2D eigenvalue weighted by Gasteiger charge is -2.17. The van der Waals surface area contributed by atoms with Gasteiger partial charge in [-0.25, -0.2) is 4.79 Å². The van der Waals surface area contributed by atoms with Crippen LogP contribution in [0.2, 0.25) is 0 Å². The van der Waals surface area contributed by atoms with Gasteiger partial charge >= 0.3 is 5.97 Å². The summed E-state index contributed by atoms with van der Waals surface area (Å²) in [6.07, 6.45) is 0. The summed E-state index contributed by atoms with van der Waals surface area (Å²) in [4.78, 5) is 36.2. The second kappa shape index (κ2) is 7.51. The van der Waals surface area contributed by atoms with Gasteiger partial charge in [0.25, 0.3) is 0 Å². The first-order valence-electron chi connectivity index (χ1n) is 8.14. The molecule has 1 amide bonds. The Labute approximate surface area is 151 Å². The quantitative estimate of drug-likeness (QED) is 0.650. The normalized spacial score (nSPS) is 11.1. The van der Waals surface area contributed by atoms with Gasteiger partial charge < -0.3 is 14.6 Å². The van der Waals surface area contributed by atoms with E-state index in [0.29, 0.717) is 22.7 Å². The highest BCUT2D eigenvalue weighted by Crippen LogP contribution is 2.18. The Bertz CT molecular complexity index is 809. The number of hydrogen-bond donors (Lipinski definition) is 1. The summed E-state index contributed by atoms with van der Waals surface area (Å²) in [5.41, 5.74) is 1.11. The van der Waals surface area contributed by atoms with E-state index >= 15 is 0 Å². The highest BCUT2D eigenvalue weighted by atomic mass is 16.5. The van der Waals surface area contributed by atoms with Crippen LogP contribution in [0.25, 0.3) is 0 Å². The maximum Gasteiger partial charge on any atom is 0.344 e. The van der Waals surface area contributed by atoms with Gasteiger partial charge in [0.15, 0.2) is 12.4 Å². The molecule has 0 saturated carbocycles. The SMILES string of the molecule is Cc1noc(C)c1C(=O)OCC(=O)c1ccc(NC(=O)C(C)(C)C)cc1. The number of carbonyl (C=O) groups excluding carboxylic acids is 3. The second-order valence-corrected chi connectivity index (χ2v) is 6.98. The van der Waals surface area contributed by atoms with Gasteiger partial charge in [0.1, 0.15) is 11.3 Å². The molecule has 0 fully saturated rings. The zero-order valence-electron chi connectivity index (χ0n) is 15.5. The predicted octanol–water partition coefficient (Wildman–Crippen LogP) is 3.32. The molecule has 7 nitrogen and oxygen atoms in total. The van der Waals surface area contributed by atoms with E-state index < -0.39 is 18.0 Å². The summed E-state index contributed by atoms with van der Waals surface area (Å²) in [7, 11) is 0. The first-order valence-corrected chi connectivity index (χ1v) is 8.14. The highest BCUT2D eigenvalue weighted by molar-refractivity contribution is 6.00. The van der Waals surface area contributed by atoms with Crippen LogP contribution in [0.1, 0.15) is 52.9 Å². The number of rotatable bonds is 5. The molecule has 0 aliphatic heterocycles. The molecule has 1 heterocycles. The number of aromatic nitrogens is 1. The van der Waals surface area contributed by atoms with Crippen LogP contribution >= 0.6 is 0 Å². The van der Waals surface area contributed by atoms with Crippen LogP contribution in [0.15, 0.2) is 28.8 Å². The number of anilines is 1. The monoisotopic (exact) mass is 358 g/mol. The second-order valence-electron chi connectivity index (χ2n) is 6.98. The van der Waals surface area contributed by atoms with Crippen LogP contribution in [-0.2, 0) is 9.53 Å². The maximum atomic E-state index is 12.2. The minimum Gasteiger partial charge on any atom is -0.454 e. The molecule has 2 rings (SSSR count). The minimum atomic E-state index is -0.649. The van der Waals surface area contributed by atoms with Gasteiger partial charge in [-0.3, -0.25) is 9.59 Å². The zero-order valence-corrected chi connectivity index (χ0v) is 15.5. The van der Waals surface area contributed by atoms with Gasteiger partial charge in [-0.2, -0.15) is 0 Å². The van der Waals surface area contributed by atoms with Crippen LogP contribution in [0.4, 0.5) is 5.69 Å². The Morgan fingerprint density at radius 3 is 2.23 bits per heavy atom. The molecule has 0 saturated heterocycles. The lowest BCUT2D eigenvalue weighted by Crippen LogP contribution is -2.27. The lowest BCUT2D eigenvalue weighted by atomic mass is 9.95. The number of nitrogens with one attached hydrogen (secondary N) is 1. The minimum absolute atomic E-state index is 0.120. The summed E-state index contributed by atoms with van der Waals surface area (Å²) in [6.45, 7) is 8.27. The van der Waals surface area contributed by atoms with Crippen LogP contribution < -0.4 is 5.32 Å². The fourth-order valence-corrected chi connectivity index (χ4v) is 2.12. The topological polar surface area (TPSA) is 98.5 Å². The van der Waals surface area contributed by atoms with Gasteiger partial charge in [0.05, 0.1) is 5.69 Å². The molecular weight excluding hydrogens is 336 g/mol. The fraction of sp³-hybridized carbons (Fsp3) is 0.368. The first-order chi connectivity index (χ1) is 12.1. The maximum absolute atomic E-state index is 12.2. The van der Waals surface area contributed by atoms with Crippen molar-refractivity contribution in [2.24, 2.45) is 5.41 Å². The third-order valence-corrected chi connectivity index (χ3v) is 3.72. The smallest absolute Gasteiger partial charge is 0.344 e. The molecule has 0 radical (unpaired) electrons. The number of esters is 1. The summed E-state index contributed by atoms with van der Waals surface area (Å²) in [5.74, 6) is -0.772. The molecule has 138 valence electrons. The van der Waals surface area contributed by atoms with Crippen molar-refractivity contribution in [2.75, 3.05) is 11.9 Å². The molecule has 0 spiro atoms. The van der Waals surface area contributed by atoms with E-state index in [-0.39, 0.29) is 17.3 Å². The summed E-state index contributed by atoms with van der Waals surface area (Å²) < 4.78 is 9.95. The Kier molecular flexibility index (Phi) is 5.59. The van der Waals surface area contributed by atoms with E-state index in [2.05, 4.69) is 10.5 Å². The summed E-state index contributed by atoms with van der Waals surface area (Å²) >= 11 is 0. The first kappa shape index (κ1) is 19.4. The van der Waals surface area contributed by atoms with E-state index in [1.54, 1.807) is 38.1 Å². The lowest BCUT2D eigenvalue weighted by molar-refractivity contribution is -0.123. The largest absolute Gasteiger partial charge is 0.454 e. The molecule has 7 heteroatoms. The van der Waals surface area contributed by atoms with E-state index in [1.165, 1.54) is 0 Å². The van der Waals surface area contributed by atoms with Crippen LogP contribution in [-0.4, -0.2) is 29.4 Å². The molecule has 26 heavy (non-hydrogen) atoms. The van der Waals surface area contributed by atoms with E-state index in [1.807, 2.05) is 20.8 Å². The molecule has 2 aromatic rings. The van der Waals surface area contributed by atoms with Gasteiger partial charge in [-0.05, 0) is 38.1 Å². The fourth-order valence-electron chi connectivity index (χ4n) is 2.12. The number of Topliss-reactive ketones (excluding diaryl/α,β-unsaturated/α-hetero) is 1. The van der Waals surface area contributed by atoms with Crippen molar-refractivity contribution in [2.45, 2.75) is 34.6 Å². The Morgan fingerprint density at radius 2 is 1.73 bits per heavy atom. The molecule has 0 aliphatic rings. The van der Waals surface area contributed by atoms with Crippen molar-refractivity contribution in [3.05, 3.63) is 46.8 Å². The van der Waals surface area contributed by atoms with Crippen LogP contribution in [0.5, 0.6) is 0 Å². The van der Waals surface area contributed by atoms with E-state index in [4.69, 9.17) is 9.26 Å². The molecule has 1 aromatic carbocycles. The average molecular weight is 358 g/mol. The molecule has 0 unspecified atom stereocenters. The number of nitrogens with zero attached hydrogens (tertiary/aromatic N) is 1. The Morgan fingerprint density at radius 1 is 1.12 bits per heavy atom.